The fourth-order valence-corrected chi connectivity index (χ4v) is 16.4. The highest BCUT2D eigenvalue weighted by molar-refractivity contribution is 6.17. The van der Waals surface area contributed by atoms with Crippen molar-refractivity contribution in [2.45, 2.75) is 0 Å². The maximum Gasteiger partial charge on any atom is 0.164 e. The Bertz CT molecular complexity index is 7600. The van der Waals surface area contributed by atoms with Crippen LogP contribution in [-0.2, 0) is 0 Å². The van der Waals surface area contributed by atoms with Crippen molar-refractivity contribution in [3.63, 3.8) is 0 Å². The minimum Gasteiger partial charge on any atom is -0.255 e. The van der Waals surface area contributed by atoms with Crippen molar-refractivity contribution in [1.29, 1.82) is 0 Å². The zero-order chi connectivity index (χ0) is 79.7. The molecule has 22 aromatic rings. The monoisotopic (exact) mass is 1530 g/mol. The van der Waals surface area contributed by atoms with Crippen LogP contribution in [0.2, 0.25) is 0 Å². The van der Waals surface area contributed by atoms with Crippen molar-refractivity contribution in [1.82, 2.24) is 39.9 Å². The van der Waals surface area contributed by atoms with Crippen LogP contribution >= 0.6 is 0 Å². The number of rotatable bonds is 14. The van der Waals surface area contributed by atoms with Crippen LogP contribution in [0.1, 0.15) is 0 Å². The summed E-state index contributed by atoms with van der Waals surface area (Å²) in [5, 5.41) is 12.0. The smallest absolute Gasteiger partial charge is 0.164 e. The molecule has 0 aliphatic heterocycles. The SMILES string of the molecule is c1ccc(-c2ccc(-c3nc(-c4ccccc4)nc(-c4ccc(-c5cccc(-c6cccc(-c7nc8ccccc8c8cc9ccccc9cc78)c6)c5)cc4)n3)cc2)cc1.c1ccc(-c2ccc(-c3nc(-c4ccccc4)nc(-c4cccc(-c5ccc(-c6cccc(-c7cnc8c(ccc9c%10ccccc%10ccc98)c7)c6)cc5)c4)n3)cc2)cc1. The molecule has 0 saturated carbocycles. The Kier molecular flexibility index (Phi) is 18.8. The number of benzene rings is 18. The standard InChI is InChI=1S/2C56H36N4/c1-3-11-37(12-4-1)38-25-27-43(28-26-38)55-58-54(42-14-5-2-6-15-42)59-56(60-55)48-19-10-17-45(34-48)40-23-21-39(22-24-40)44-16-9-18-46(33-44)49-35-47-30-31-51-50-20-8-7-13-41(50)29-32-52(51)53(47)57-36-49;1-3-13-37(14-4-1)38-25-29-41(30-26-38)55-58-54(40-15-5-2-6-16-40)59-56(60-55)42-31-27-39(28-32-42)43-19-11-20-44(33-43)45-21-12-22-48(34-45)53-51-36-47-18-8-7-17-46(47)35-50(51)49-23-9-10-24-52(49)57-53/h2*1-36H. The summed E-state index contributed by atoms with van der Waals surface area (Å²) in [6.45, 7) is 0. The van der Waals surface area contributed by atoms with Crippen LogP contribution in [0, 0.1) is 0 Å². The van der Waals surface area contributed by atoms with E-state index in [1.807, 2.05) is 79.0 Å². The minimum atomic E-state index is 0.630. The fraction of sp³-hybridized carbons (Fsp3) is 0. The topological polar surface area (TPSA) is 103 Å². The first kappa shape index (κ1) is 71.6. The lowest BCUT2D eigenvalue weighted by atomic mass is 9.94. The fourth-order valence-electron chi connectivity index (χ4n) is 16.4. The highest BCUT2D eigenvalue weighted by Crippen LogP contribution is 2.41. The summed E-state index contributed by atoms with van der Waals surface area (Å²) in [6.07, 6.45) is 2.01. The predicted octanol–water partition coefficient (Wildman–Crippen LogP) is 28.8. The summed E-state index contributed by atoms with van der Waals surface area (Å²) in [5.74, 6) is 3.82. The van der Waals surface area contributed by atoms with E-state index in [2.05, 4.69) is 358 Å². The molecule has 4 heterocycles. The van der Waals surface area contributed by atoms with E-state index < -0.39 is 0 Å². The molecule has 0 atom stereocenters. The van der Waals surface area contributed by atoms with E-state index in [1.54, 1.807) is 0 Å². The van der Waals surface area contributed by atoms with Gasteiger partial charge in [0.25, 0.3) is 0 Å². The Labute approximate surface area is 694 Å². The van der Waals surface area contributed by atoms with Gasteiger partial charge in [0.1, 0.15) is 0 Å². The van der Waals surface area contributed by atoms with Crippen molar-refractivity contribution in [3.05, 3.63) is 437 Å². The summed E-state index contributed by atoms with van der Waals surface area (Å²) in [4.78, 5) is 40.2. The Hall–Kier alpha value is -16.2. The van der Waals surface area contributed by atoms with Crippen molar-refractivity contribution >= 4 is 64.9 Å². The molecule has 22 rings (SSSR count). The van der Waals surface area contributed by atoms with Gasteiger partial charge in [0.15, 0.2) is 34.9 Å². The van der Waals surface area contributed by atoms with Gasteiger partial charge in [0.05, 0.1) is 16.7 Å². The molecule has 0 N–H and O–H groups in total. The van der Waals surface area contributed by atoms with Gasteiger partial charge in [-0.05, 0) is 153 Å². The number of hydrogen-bond donors (Lipinski definition) is 0. The Morgan fingerprint density at radius 2 is 0.433 bits per heavy atom. The molecule has 0 saturated heterocycles. The van der Waals surface area contributed by atoms with E-state index in [0.29, 0.717) is 34.9 Å². The van der Waals surface area contributed by atoms with Gasteiger partial charge in [-0.3, -0.25) is 4.98 Å². The summed E-state index contributed by atoms with van der Waals surface area (Å²) >= 11 is 0. The highest BCUT2D eigenvalue weighted by atomic mass is 15.0. The molecule has 8 nitrogen and oxygen atoms in total. The molecule has 0 amide bonds. The average molecular weight is 1530 g/mol. The third-order valence-corrected chi connectivity index (χ3v) is 22.7. The van der Waals surface area contributed by atoms with Gasteiger partial charge in [-0.25, -0.2) is 34.9 Å². The Morgan fingerprint density at radius 1 is 0.133 bits per heavy atom. The van der Waals surface area contributed by atoms with Crippen LogP contribution in [0.15, 0.2) is 437 Å². The molecule has 560 valence electrons. The lowest BCUT2D eigenvalue weighted by Gasteiger charge is -2.13. The molecule has 0 aliphatic carbocycles. The van der Waals surface area contributed by atoms with Crippen LogP contribution in [0.25, 0.3) is 222 Å². The average Bonchev–Trinajstić information content (AvgIpc) is 0.751. The van der Waals surface area contributed by atoms with E-state index in [4.69, 9.17) is 39.9 Å². The Balaban J connectivity index is 0.000000148. The van der Waals surface area contributed by atoms with Crippen LogP contribution in [0.5, 0.6) is 0 Å². The molecule has 120 heavy (non-hydrogen) atoms. The third kappa shape index (κ3) is 14.4. The lowest BCUT2D eigenvalue weighted by Crippen LogP contribution is -2.00. The number of fused-ring (bicyclic) bond motifs is 9. The van der Waals surface area contributed by atoms with Gasteiger partial charge in [-0.1, -0.05) is 382 Å². The van der Waals surface area contributed by atoms with Crippen molar-refractivity contribution in [2.24, 2.45) is 0 Å². The quantitative estimate of drug-likeness (QED) is 0.0784. The van der Waals surface area contributed by atoms with Gasteiger partial charge in [-0.15, -0.1) is 0 Å². The first-order valence-corrected chi connectivity index (χ1v) is 40.4. The first-order chi connectivity index (χ1) is 59.4. The lowest BCUT2D eigenvalue weighted by molar-refractivity contribution is 1.07. The summed E-state index contributed by atoms with van der Waals surface area (Å²) in [6, 6.07) is 151. The summed E-state index contributed by atoms with van der Waals surface area (Å²) < 4.78 is 0. The van der Waals surface area contributed by atoms with Gasteiger partial charge < -0.3 is 0 Å². The molecule has 0 spiro atoms. The molecule has 0 fully saturated rings. The molecule has 0 aliphatic rings. The second-order valence-corrected chi connectivity index (χ2v) is 30.2. The molecule has 18 aromatic carbocycles. The van der Waals surface area contributed by atoms with Crippen LogP contribution in [-0.4, -0.2) is 39.9 Å². The molecule has 0 unspecified atom stereocenters. The second kappa shape index (κ2) is 31.6. The summed E-state index contributed by atoms with van der Waals surface area (Å²) in [5.41, 5.74) is 25.6. The van der Waals surface area contributed by atoms with E-state index >= 15 is 0 Å². The second-order valence-electron chi connectivity index (χ2n) is 30.2. The molecule has 8 heteroatoms. The van der Waals surface area contributed by atoms with Crippen LogP contribution < -0.4 is 0 Å². The van der Waals surface area contributed by atoms with E-state index in [-0.39, 0.29) is 0 Å². The van der Waals surface area contributed by atoms with Crippen LogP contribution in [0.4, 0.5) is 0 Å². The number of hydrogen-bond acceptors (Lipinski definition) is 8. The third-order valence-electron chi connectivity index (χ3n) is 22.7. The summed E-state index contributed by atoms with van der Waals surface area (Å²) in [7, 11) is 0. The van der Waals surface area contributed by atoms with Gasteiger partial charge in [0.2, 0.25) is 0 Å². The molecular weight excluding hydrogens is 1460 g/mol. The van der Waals surface area contributed by atoms with Crippen LogP contribution in [0.3, 0.4) is 0 Å². The van der Waals surface area contributed by atoms with Gasteiger partial charge in [-0.2, -0.15) is 0 Å². The number of nitrogens with zero attached hydrogens (tertiary/aromatic N) is 8. The number of aromatic nitrogens is 8. The van der Waals surface area contributed by atoms with E-state index in [9.17, 15) is 0 Å². The Morgan fingerprint density at radius 3 is 0.908 bits per heavy atom. The molecule has 0 bridgehead atoms. The zero-order valence-electron chi connectivity index (χ0n) is 65.1. The molecule has 4 aromatic heterocycles. The number of pyridine rings is 2. The highest BCUT2D eigenvalue weighted by Gasteiger charge is 2.19. The minimum absolute atomic E-state index is 0.630. The maximum atomic E-state index is 5.26. The van der Waals surface area contributed by atoms with Gasteiger partial charge >= 0.3 is 0 Å². The van der Waals surface area contributed by atoms with Crippen molar-refractivity contribution in [3.8, 4) is 157 Å². The largest absolute Gasteiger partial charge is 0.255 e. The molecular formula is C112H72N8. The number of para-hydroxylation sites is 1. The van der Waals surface area contributed by atoms with Crippen molar-refractivity contribution < 1.29 is 0 Å². The predicted molar refractivity (Wildman–Crippen MR) is 496 cm³/mol. The van der Waals surface area contributed by atoms with E-state index in [0.717, 1.165) is 133 Å². The first-order valence-electron chi connectivity index (χ1n) is 40.4. The normalized spacial score (nSPS) is 11.3. The van der Waals surface area contributed by atoms with Crippen molar-refractivity contribution in [2.75, 3.05) is 0 Å². The molecule has 0 radical (unpaired) electrons. The van der Waals surface area contributed by atoms with E-state index in [1.165, 1.54) is 54.2 Å². The zero-order valence-corrected chi connectivity index (χ0v) is 65.1. The van der Waals surface area contributed by atoms with Gasteiger partial charge in [0, 0.05) is 72.2 Å². The maximum absolute atomic E-state index is 5.26.